The summed E-state index contributed by atoms with van der Waals surface area (Å²) in [5.41, 5.74) is 1.15. The molecule has 0 saturated carbocycles. The monoisotopic (exact) mass is 953 g/mol. The largest absolute Gasteiger partial charge is 0.416 e. The minimum atomic E-state index is -5.13. The number of nitrogens with one attached hydrogen (secondary N) is 1. The molecule has 7 rings (SSSR count). The van der Waals surface area contributed by atoms with Gasteiger partial charge in [0.25, 0.3) is 11.8 Å². The van der Waals surface area contributed by atoms with Crippen molar-refractivity contribution < 1.29 is 54.6 Å². The van der Waals surface area contributed by atoms with Crippen LogP contribution in [0.2, 0.25) is 0 Å². The van der Waals surface area contributed by atoms with E-state index in [0.717, 1.165) is 28.1 Å². The van der Waals surface area contributed by atoms with Gasteiger partial charge in [-0.05, 0) is 142 Å². The number of fused-ring (bicyclic) bond motifs is 2. The average molecular weight is 954 g/mol. The molecular formula is C51H58F7N5O5. The van der Waals surface area contributed by atoms with Crippen LogP contribution in [0.1, 0.15) is 90.9 Å². The minimum Gasteiger partial charge on any atom is -0.367 e. The molecule has 2 aliphatic heterocycles. The second-order valence-corrected chi connectivity index (χ2v) is 18.5. The van der Waals surface area contributed by atoms with Crippen molar-refractivity contribution in [2.24, 2.45) is 0 Å². The number of alkyl halides is 6. The highest BCUT2D eigenvalue weighted by Crippen LogP contribution is 2.48. The number of rotatable bonds is 15. The molecule has 2 fully saturated rings. The fraction of sp³-hybridized carbons (Fsp3) is 0.471. The van der Waals surface area contributed by atoms with Crippen molar-refractivity contribution in [1.82, 2.24) is 24.9 Å². The molecule has 1 spiro atoms. The number of benzene rings is 4. The molecule has 0 aromatic heterocycles. The van der Waals surface area contributed by atoms with E-state index in [2.05, 4.69) is 22.3 Å². The van der Waals surface area contributed by atoms with Crippen LogP contribution in [0.5, 0.6) is 0 Å². The van der Waals surface area contributed by atoms with E-state index in [4.69, 9.17) is 9.47 Å². The number of nitrogens with zero attached hydrogens (tertiary/aromatic N) is 4. The Balaban J connectivity index is 0.969. The van der Waals surface area contributed by atoms with E-state index in [-0.39, 0.29) is 49.0 Å². The molecule has 0 radical (unpaired) electrons. The van der Waals surface area contributed by atoms with E-state index in [9.17, 15) is 45.1 Å². The van der Waals surface area contributed by atoms with Crippen LogP contribution in [0.4, 0.5) is 30.7 Å². The number of likely N-dealkylation sites (N-methyl/N-ethyl adjacent to an activating group) is 1. The summed E-state index contributed by atoms with van der Waals surface area (Å²) in [6.07, 6.45) is -7.66. The maximum absolute atomic E-state index is 14.1. The zero-order chi connectivity index (χ0) is 49.2. The summed E-state index contributed by atoms with van der Waals surface area (Å²) >= 11 is 0. The fourth-order valence-electron chi connectivity index (χ4n) is 10.1. The smallest absolute Gasteiger partial charge is 0.367 e. The van der Waals surface area contributed by atoms with Gasteiger partial charge in [0.05, 0.1) is 23.8 Å². The summed E-state index contributed by atoms with van der Waals surface area (Å²) in [7, 11) is 5.38. The zero-order valence-electron chi connectivity index (χ0n) is 39.0. The quantitative estimate of drug-likeness (QED) is 0.120. The summed E-state index contributed by atoms with van der Waals surface area (Å²) in [6, 6.07) is 18.3. The van der Waals surface area contributed by atoms with Gasteiger partial charge in [-0.15, -0.1) is 0 Å². The Bertz CT molecular complexity index is 2420. The molecule has 0 unspecified atom stereocenters. The van der Waals surface area contributed by atoms with Crippen LogP contribution in [-0.2, 0) is 50.6 Å². The SMILES string of the molecule is CNCc1c(C)cc(C(=O)N(C)CCCN(C)C(=O)CO[C@H]2Cc3ccccc3C23CCN(CC[C@]2(c4ccc(F)cc4)CN(C(=O)c4cc(C(F)(F)F)cc(C(F)(F)F)c4)CO2)CC3)cc1C. The van der Waals surface area contributed by atoms with E-state index in [1.165, 1.54) is 35.4 Å². The van der Waals surface area contributed by atoms with Gasteiger partial charge >= 0.3 is 12.4 Å². The Kier molecular flexibility index (Phi) is 15.1. The van der Waals surface area contributed by atoms with Gasteiger partial charge in [-0.3, -0.25) is 14.4 Å². The predicted molar refractivity (Wildman–Crippen MR) is 241 cm³/mol. The van der Waals surface area contributed by atoms with E-state index in [1.807, 2.05) is 45.2 Å². The molecule has 68 heavy (non-hydrogen) atoms. The standard InChI is InChI=1S/C51H58F7N5O5/c1-33-23-36(24-34(2)42(33)29-59-3)46(65)61(5)19-8-18-60(4)45(64)30-67-44-27-35-9-6-7-10-43(35)48(44)15-20-62(21-16-48)22-17-49(38-11-13-41(52)14-12-38)31-63(32-68-49)47(66)37-25-39(50(53,54)55)28-40(26-37)51(56,57)58/h6-7,9-14,23-26,28,44,59H,8,15-22,27,29-32H2,1-5H3/t44-,49+/m0/s1. The first-order valence-corrected chi connectivity index (χ1v) is 22.8. The molecule has 366 valence electrons. The minimum absolute atomic E-state index is 0.0253. The van der Waals surface area contributed by atoms with Crippen molar-refractivity contribution in [3.8, 4) is 0 Å². The van der Waals surface area contributed by atoms with Crippen molar-refractivity contribution >= 4 is 17.7 Å². The number of hydrogen-bond acceptors (Lipinski definition) is 7. The zero-order valence-corrected chi connectivity index (χ0v) is 39.0. The Morgan fingerprint density at radius 2 is 1.46 bits per heavy atom. The number of ether oxygens (including phenoxy) is 2. The van der Waals surface area contributed by atoms with Crippen molar-refractivity contribution in [2.45, 2.75) is 82.0 Å². The van der Waals surface area contributed by atoms with Gasteiger partial charge in [-0.1, -0.05) is 36.4 Å². The molecule has 0 bridgehead atoms. The number of hydrogen-bond donors (Lipinski definition) is 1. The third-order valence-electron chi connectivity index (χ3n) is 14.1. The molecule has 4 aromatic rings. The maximum atomic E-state index is 14.1. The maximum Gasteiger partial charge on any atom is 0.416 e. The van der Waals surface area contributed by atoms with Gasteiger partial charge in [0, 0.05) is 56.8 Å². The lowest BCUT2D eigenvalue weighted by Crippen LogP contribution is -2.50. The second kappa shape index (κ2) is 20.3. The fourth-order valence-corrected chi connectivity index (χ4v) is 10.1. The molecule has 2 saturated heterocycles. The first kappa shape index (κ1) is 50.5. The molecule has 3 amide bonds. The molecule has 1 aliphatic carbocycles. The number of carbonyl (C=O) groups excluding carboxylic acids is 3. The Morgan fingerprint density at radius 1 is 0.838 bits per heavy atom. The predicted octanol–water partition coefficient (Wildman–Crippen LogP) is 8.51. The second-order valence-electron chi connectivity index (χ2n) is 18.5. The molecule has 2 heterocycles. The van der Waals surface area contributed by atoms with Crippen LogP contribution < -0.4 is 5.32 Å². The van der Waals surface area contributed by atoms with Crippen LogP contribution in [0, 0.1) is 19.7 Å². The van der Waals surface area contributed by atoms with E-state index >= 15 is 0 Å². The highest BCUT2D eigenvalue weighted by Gasteiger charge is 2.50. The first-order valence-electron chi connectivity index (χ1n) is 22.8. The van der Waals surface area contributed by atoms with Crippen LogP contribution in [0.3, 0.4) is 0 Å². The van der Waals surface area contributed by atoms with E-state index in [0.29, 0.717) is 81.7 Å². The van der Waals surface area contributed by atoms with Gasteiger partial charge in [0.15, 0.2) is 0 Å². The van der Waals surface area contributed by atoms with Crippen molar-refractivity contribution in [1.29, 1.82) is 0 Å². The Morgan fingerprint density at radius 3 is 2.07 bits per heavy atom. The van der Waals surface area contributed by atoms with E-state index < -0.39 is 53.1 Å². The molecule has 10 nitrogen and oxygen atoms in total. The average Bonchev–Trinajstić information content (AvgIpc) is 3.87. The van der Waals surface area contributed by atoms with Crippen molar-refractivity contribution in [3.63, 3.8) is 0 Å². The summed E-state index contributed by atoms with van der Waals surface area (Å²) in [4.78, 5) is 47.0. The van der Waals surface area contributed by atoms with Crippen LogP contribution in [0.25, 0.3) is 0 Å². The highest BCUT2D eigenvalue weighted by atomic mass is 19.4. The Labute approximate surface area is 392 Å². The van der Waals surface area contributed by atoms with Gasteiger partial charge in [0.1, 0.15) is 24.8 Å². The number of amides is 3. The normalized spacial score (nSPS) is 19.4. The lowest BCUT2D eigenvalue weighted by atomic mass is 9.72. The third kappa shape index (κ3) is 10.9. The van der Waals surface area contributed by atoms with Crippen LogP contribution in [-0.4, -0.2) is 117 Å². The van der Waals surface area contributed by atoms with Crippen molar-refractivity contribution in [3.05, 3.63) is 140 Å². The van der Waals surface area contributed by atoms with Gasteiger partial charge in [-0.2, -0.15) is 26.3 Å². The molecule has 3 aliphatic rings. The third-order valence-corrected chi connectivity index (χ3v) is 14.1. The van der Waals surface area contributed by atoms with Gasteiger partial charge in [-0.25, -0.2) is 4.39 Å². The number of halogens is 7. The number of carbonyl (C=O) groups is 3. The summed E-state index contributed by atoms with van der Waals surface area (Å²) in [6.45, 7) is 6.59. The summed E-state index contributed by atoms with van der Waals surface area (Å²) < 4.78 is 109. The summed E-state index contributed by atoms with van der Waals surface area (Å²) in [5, 5.41) is 3.17. The number of piperidine rings is 1. The van der Waals surface area contributed by atoms with Crippen LogP contribution >= 0.6 is 0 Å². The summed E-state index contributed by atoms with van der Waals surface area (Å²) in [5.74, 6) is -1.83. The van der Waals surface area contributed by atoms with Crippen LogP contribution in [0.15, 0.2) is 78.9 Å². The van der Waals surface area contributed by atoms with E-state index in [1.54, 1.807) is 23.9 Å². The topological polar surface area (TPSA) is 94.7 Å². The number of aryl methyl sites for hydroxylation is 2. The first-order chi connectivity index (χ1) is 32.1. The molecular weight excluding hydrogens is 896 g/mol. The Hall–Kier alpha value is -5.36. The molecule has 17 heteroatoms. The van der Waals surface area contributed by atoms with Gasteiger partial charge < -0.3 is 34.4 Å². The molecule has 1 N–H and O–H groups in total. The highest BCUT2D eigenvalue weighted by molar-refractivity contribution is 5.95. The van der Waals surface area contributed by atoms with Gasteiger partial charge in [0.2, 0.25) is 5.91 Å². The molecule has 2 atom stereocenters. The lowest BCUT2D eigenvalue weighted by molar-refractivity contribution is -0.143. The lowest BCUT2D eigenvalue weighted by Gasteiger charge is -2.44. The molecule has 4 aromatic carbocycles. The van der Waals surface area contributed by atoms with Crippen molar-refractivity contribution in [2.75, 3.05) is 73.7 Å². The number of likely N-dealkylation sites (tertiary alicyclic amines) is 1.